The molecule has 17 heavy (non-hydrogen) atoms. The van der Waals surface area contributed by atoms with Crippen LogP contribution in [0.15, 0.2) is 18.2 Å². The molecule has 1 saturated heterocycles. The molecule has 94 valence electrons. The van der Waals surface area contributed by atoms with Gasteiger partial charge in [0.1, 0.15) is 0 Å². The zero-order valence-corrected chi connectivity index (χ0v) is 10.2. The van der Waals surface area contributed by atoms with Crippen LogP contribution in [-0.2, 0) is 4.79 Å². The molecule has 1 aromatic rings. The Labute approximate surface area is 105 Å². The Bertz CT molecular complexity index is 414. The fourth-order valence-electron chi connectivity index (χ4n) is 1.70. The molecular formula is C11H14ClFN2O2. The third-order valence-corrected chi connectivity index (χ3v) is 2.54. The van der Waals surface area contributed by atoms with E-state index < -0.39 is 5.82 Å². The number of nitrogens with one attached hydrogen (secondary N) is 1. The molecule has 1 heterocycles. The van der Waals surface area contributed by atoms with Crippen molar-refractivity contribution >= 4 is 24.0 Å². The Kier molecular flexibility index (Phi) is 4.72. The topological polar surface area (TPSA) is 41.6 Å². The van der Waals surface area contributed by atoms with E-state index in [0.29, 0.717) is 18.8 Å². The molecule has 4 nitrogen and oxygen atoms in total. The lowest BCUT2D eigenvalue weighted by Gasteiger charge is -2.27. The van der Waals surface area contributed by atoms with Gasteiger partial charge in [-0.25, -0.2) is 4.39 Å². The third-order valence-electron chi connectivity index (χ3n) is 2.54. The van der Waals surface area contributed by atoms with Gasteiger partial charge < -0.3 is 15.0 Å². The van der Waals surface area contributed by atoms with Gasteiger partial charge in [0.2, 0.25) is 5.91 Å². The van der Waals surface area contributed by atoms with Crippen LogP contribution in [0.4, 0.5) is 10.1 Å². The largest absolute Gasteiger partial charge is 0.494 e. The average Bonchev–Trinajstić information content (AvgIpc) is 2.29. The number of benzene rings is 1. The van der Waals surface area contributed by atoms with Crippen molar-refractivity contribution in [3.63, 3.8) is 0 Å². The number of anilines is 1. The van der Waals surface area contributed by atoms with E-state index in [-0.39, 0.29) is 24.1 Å². The fraction of sp³-hybridized carbons (Fsp3) is 0.364. The molecule has 1 aliphatic heterocycles. The van der Waals surface area contributed by atoms with Crippen LogP contribution in [0.1, 0.15) is 0 Å². The number of ether oxygens (including phenoxy) is 1. The normalized spacial score (nSPS) is 15.4. The lowest BCUT2D eigenvalue weighted by Crippen LogP contribution is -2.48. The summed E-state index contributed by atoms with van der Waals surface area (Å²) in [4.78, 5) is 13.1. The van der Waals surface area contributed by atoms with E-state index in [1.54, 1.807) is 11.0 Å². The summed E-state index contributed by atoms with van der Waals surface area (Å²) in [5, 5.41) is 2.96. The summed E-state index contributed by atoms with van der Waals surface area (Å²) in [5.74, 6) is -0.312. The standard InChI is InChI=1S/C11H13FN2O2.ClH/c1-16-10-3-2-8(6-9(10)12)14-5-4-13-7-11(14)15;/h2-3,6,13H,4-5,7H2,1H3;1H. The number of carbonyl (C=O) groups excluding carboxylic acids is 1. The van der Waals surface area contributed by atoms with E-state index in [4.69, 9.17) is 4.74 Å². The van der Waals surface area contributed by atoms with Crippen molar-refractivity contribution in [2.75, 3.05) is 31.6 Å². The maximum absolute atomic E-state index is 13.5. The second kappa shape index (κ2) is 5.84. The Balaban J connectivity index is 0.00000144. The first-order valence-corrected chi connectivity index (χ1v) is 5.07. The lowest BCUT2D eigenvalue weighted by atomic mass is 10.2. The van der Waals surface area contributed by atoms with Gasteiger partial charge in [-0.05, 0) is 12.1 Å². The smallest absolute Gasteiger partial charge is 0.240 e. The first kappa shape index (κ1) is 13.7. The quantitative estimate of drug-likeness (QED) is 0.869. The molecule has 1 aromatic carbocycles. The van der Waals surface area contributed by atoms with Crippen molar-refractivity contribution < 1.29 is 13.9 Å². The van der Waals surface area contributed by atoms with Crippen molar-refractivity contribution in [2.24, 2.45) is 0 Å². The van der Waals surface area contributed by atoms with Gasteiger partial charge in [0, 0.05) is 24.8 Å². The van der Waals surface area contributed by atoms with E-state index in [0.717, 1.165) is 6.54 Å². The van der Waals surface area contributed by atoms with Crippen LogP contribution >= 0.6 is 12.4 Å². The second-order valence-corrected chi connectivity index (χ2v) is 3.54. The first-order chi connectivity index (χ1) is 7.72. The number of nitrogens with zero attached hydrogens (tertiary/aromatic N) is 1. The average molecular weight is 261 g/mol. The Morgan fingerprint density at radius 1 is 1.47 bits per heavy atom. The Hall–Kier alpha value is -1.33. The van der Waals surface area contributed by atoms with Crippen molar-refractivity contribution in [1.82, 2.24) is 5.32 Å². The second-order valence-electron chi connectivity index (χ2n) is 3.54. The zero-order valence-electron chi connectivity index (χ0n) is 9.40. The summed E-state index contributed by atoms with van der Waals surface area (Å²) in [5.41, 5.74) is 0.574. The summed E-state index contributed by atoms with van der Waals surface area (Å²) in [6, 6.07) is 4.53. The molecule has 2 rings (SSSR count). The number of hydrogen-bond donors (Lipinski definition) is 1. The summed E-state index contributed by atoms with van der Waals surface area (Å²) >= 11 is 0. The van der Waals surface area contributed by atoms with E-state index in [1.165, 1.54) is 19.2 Å². The maximum Gasteiger partial charge on any atom is 0.240 e. The van der Waals surface area contributed by atoms with Crippen LogP contribution in [0, 0.1) is 5.82 Å². The molecule has 0 aromatic heterocycles. The number of rotatable bonds is 2. The van der Waals surface area contributed by atoms with Crippen molar-refractivity contribution in [3.05, 3.63) is 24.0 Å². The Morgan fingerprint density at radius 3 is 2.82 bits per heavy atom. The highest BCUT2D eigenvalue weighted by atomic mass is 35.5. The minimum Gasteiger partial charge on any atom is -0.494 e. The summed E-state index contributed by atoms with van der Waals surface area (Å²) in [6.07, 6.45) is 0. The molecule has 0 bridgehead atoms. The highest BCUT2D eigenvalue weighted by Crippen LogP contribution is 2.23. The van der Waals surface area contributed by atoms with Crippen LogP contribution in [-0.4, -0.2) is 32.7 Å². The van der Waals surface area contributed by atoms with Gasteiger partial charge in [0.25, 0.3) is 0 Å². The van der Waals surface area contributed by atoms with Crippen molar-refractivity contribution in [1.29, 1.82) is 0 Å². The number of carbonyl (C=O) groups is 1. The van der Waals surface area contributed by atoms with Gasteiger partial charge in [-0.1, -0.05) is 0 Å². The van der Waals surface area contributed by atoms with Gasteiger partial charge in [0.05, 0.1) is 13.7 Å². The van der Waals surface area contributed by atoms with Crippen LogP contribution < -0.4 is 15.0 Å². The number of amides is 1. The first-order valence-electron chi connectivity index (χ1n) is 5.07. The van der Waals surface area contributed by atoms with Gasteiger partial charge in [0.15, 0.2) is 11.6 Å². The van der Waals surface area contributed by atoms with E-state index >= 15 is 0 Å². The molecule has 0 spiro atoms. The number of methoxy groups -OCH3 is 1. The number of hydrogen-bond acceptors (Lipinski definition) is 3. The SMILES string of the molecule is COc1ccc(N2CCNCC2=O)cc1F.Cl. The third kappa shape index (κ3) is 2.87. The molecule has 0 aliphatic carbocycles. The van der Waals surface area contributed by atoms with Gasteiger partial charge in [-0.3, -0.25) is 4.79 Å². The highest BCUT2D eigenvalue weighted by molar-refractivity contribution is 5.95. The highest BCUT2D eigenvalue weighted by Gasteiger charge is 2.20. The number of halogens is 2. The number of piperazine rings is 1. The molecular weight excluding hydrogens is 247 g/mol. The van der Waals surface area contributed by atoms with Gasteiger partial charge >= 0.3 is 0 Å². The minimum absolute atomic E-state index is 0. The predicted molar refractivity (Wildman–Crippen MR) is 65.4 cm³/mol. The van der Waals surface area contributed by atoms with Crippen LogP contribution in [0.25, 0.3) is 0 Å². The monoisotopic (exact) mass is 260 g/mol. The predicted octanol–water partition coefficient (Wildman–Crippen LogP) is 1.19. The summed E-state index contributed by atoms with van der Waals surface area (Å²) in [6.45, 7) is 1.58. The summed E-state index contributed by atoms with van der Waals surface area (Å²) < 4.78 is 18.3. The van der Waals surface area contributed by atoms with Crippen LogP contribution in [0.2, 0.25) is 0 Å². The van der Waals surface area contributed by atoms with Crippen LogP contribution in [0.5, 0.6) is 5.75 Å². The molecule has 1 fully saturated rings. The lowest BCUT2D eigenvalue weighted by molar-refractivity contribution is -0.118. The minimum atomic E-state index is -0.452. The van der Waals surface area contributed by atoms with Gasteiger partial charge in [-0.15, -0.1) is 12.4 Å². The van der Waals surface area contributed by atoms with Gasteiger partial charge in [-0.2, -0.15) is 0 Å². The van der Waals surface area contributed by atoms with Crippen LogP contribution in [0.3, 0.4) is 0 Å². The molecule has 1 amide bonds. The van der Waals surface area contributed by atoms with Crippen molar-refractivity contribution in [3.8, 4) is 5.75 Å². The molecule has 0 unspecified atom stereocenters. The van der Waals surface area contributed by atoms with E-state index in [9.17, 15) is 9.18 Å². The maximum atomic E-state index is 13.5. The fourth-order valence-corrected chi connectivity index (χ4v) is 1.70. The molecule has 6 heteroatoms. The summed E-state index contributed by atoms with van der Waals surface area (Å²) in [7, 11) is 1.41. The van der Waals surface area contributed by atoms with E-state index in [1.807, 2.05) is 0 Å². The van der Waals surface area contributed by atoms with Crippen molar-refractivity contribution in [2.45, 2.75) is 0 Å². The molecule has 0 saturated carbocycles. The molecule has 1 N–H and O–H groups in total. The molecule has 1 aliphatic rings. The Morgan fingerprint density at radius 2 is 2.24 bits per heavy atom. The van der Waals surface area contributed by atoms with E-state index in [2.05, 4.69) is 5.32 Å². The zero-order chi connectivity index (χ0) is 11.5. The molecule has 0 radical (unpaired) electrons. The molecule has 0 atom stereocenters.